The van der Waals surface area contributed by atoms with Crippen LogP contribution in [-0.2, 0) is 9.53 Å². The van der Waals surface area contributed by atoms with Crippen LogP contribution in [-0.4, -0.2) is 29.0 Å². The highest BCUT2D eigenvalue weighted by Crippen LogP contribution is 2.52. The Bertz CT molecular complexity index is 649. The number of carbonyl (C=O) groups excluding carboxylic acids is 1. The first-order chi connectivity index (χ1) is 9.62. The number of thioether (sulfide) groups is 1. The number of nitrogens with one attached hydrogen (secondary N) is 1. The van der Waals surface area contributed by atoms with Crippen molar-refractivity contribution in [2.45, 2.75) is 24.2 Å². The van der Waals surface area contributed by atoms with E-state index in [4.69, 9.17) is 10.5 Å². The molecule has 1 aliphatic rings. The third-order valence-electron chi connectivity index (χ3n) is 3.81. The van der Waals surface area contributed by atoms with Crippen molar-refractivity contribution < 1.29 is 9.53 Å². The summed E-state index contributed by atoms with van der Waals surface area (Å²) in [7, 11) is 1.44. The fraction of sp³-hybridized carbons (Fsp3) is 0.429. The van der Waals surface area contributed by atoms with E-state index in [2.05, 4.69) is 10.2 Å². The molecular formula is C14H17N3O2S. The molecule has 0 radical (unpaired) electrons. The number of aromatic nitrogens is 2. The van der Waals surface area contributed by atoms with E-state index >= 15 is 0 Å². The van der Waals surface area contributed by atoms with Crippen LogP contribution < -0.4 is 5.73 Å². The van der Waals surface area contributed by atoms with E-state index in [0.29, 0.717) is 6.42 Å². The second-order valence-corrected chi connectivity index (χ2v) is 6.41. The molecule has 5 nitrogen and oxygen atoms in total. The van der Waals surface area contributed by atoms with Gasteiger partial charge in [-0.2, -0.15) is 5.10 Å². The van der Waals surface area contributed by atoms with E-state index in [1.165, 1.54) is 7.11 Å². The molecule has 0 spiro atoms. The summed E-state index contributed by atoms with van der Waals surface area (Å²) in [6.45, 7) is 0. The van der Waals surface area contributed by atoms with E-state index in [-0.39, 0.29) is 11.4 Å². The summed E-state index contributed by atoms with van der Waals surface area (Å²) in [6.07, 6.45) is 4.44. The van der Waals surface area contributed by atoms with Gasteiger partial charge < -0.3 is 10.5 Å². The highest BCUT2D eigenvalue weighted by Gasteiger charge is 2.44. The Morgan fingerprint density at radius 2 is 2.35 bits per heavy atom. The minimum atomic E-state index is -0.125. The van der Waals surface area contributed by atoms with Crippen LogP contribution in [0.2, 0.25) is 0 Å². The number of hydrogen-bond donors (Lipinski definition) is 2. The highest BCUT2D eigenvalue weighted by molar-refractivity contribution is 7.99. The summed E-state index contributed by atoms with van der Waals surface area (Å²) >= 11 is 1.71. The number of benzene rings is 1. The van der Waals surface area contributed by atoms with Crippen LogP contribution >= 0.6 is 11.8 Å². The number of ether oxygens (including phenoxy) is 1. The molecule has 3 rings (SSSR count). The predicted molar refractivity (Wildman–Crippen MR) is 79.5 cm³/mol. The number of esters is 1. The van der Waals surface area contributed by atoms with Crippen molar-refractivity contribution in [3.63, 3.8) is 0 Å². The smallest absolute Gasteiger partial charge is 0.306 e. The van der Waals surface area contributed by atoms with Crippen LogP contribution in [0.1, 0.15) is 19.3 Å². The Morgan fingerprint density at radius 3 is 3.05 bits per heavy atom. The molecule has 0 aliphatic heterocycles. The third-order valence-corrected chi connectivity index (χ3v) is 5.23. The SMILES string of the molecule is COC(=O)CC1(CSc2cc3[nH]ncc3cc2N)CC1. The summed E-state index contributed by atoms with van der Waals surface area (Å²) in [5.41, 5.74) is 7.92. The number of rotatable bonds is 5. The molecule has 0 bridgehead atoms. The highest BCUT2D eigenvalue weighted by atomic mass is 32.2. The standard InChI is InChI=1S/C14H17N3O2S/c1-19-13(18)6-14(2-3-14)8-20-12-5-11-9(4-10(12)15)7-16-17-11/h4-5,7H,2-3,6,8,15H2,1H3,(H,16,17). The van der Waals surface area contributed by atoms with Gasteiger partial charge >= 0.3 is 5.97 Å². The Labute approximate surface area is 121 Å². The fourth-order valence-corrected chi connectivity index (χ4v) is 3.55. The molecule has 1 fully saturated rings. The van der Waals surface area contributed by atoms with Crippen LogP contribution in [0.3, 0.4) is 0 Å². The summed E-state index contributed by atoms with van der Waals surface area (Å²) < 4.78 is 4.76. The maximum absolute atomic E-state index is 11.4. The minimum Gasteiger partial charge on any atom is -0.469 e. The molecule has 1 aromatic heterocycles. The molecule has 1 aromatic carbocycles. The van der Waals surface area contributed by atoms with Gasteiger partial charge in [0.1, 0.15) is 0 Å². The number of nitrogen functional groups attached to an aromatic ring is 1. The van der Waals surface area contributed by atoms with Gasteiger partial charge in [0.15, 0.2) is 0 Å². The van der Waals surface area contributed by atoms with Crippen molar-refractivity contribution in [3.05, 3.63) is 18.3 Å². The minimum absolute atomic E-state index is 0.104. The quantitative estimate of drug-likeness (QED) is 0.503. The molecule has 20 heavy (non-hydrogen) atoms. The molecule has 2 aromatic rings. The molecule has 6 heteroatoms. The lowest BCUT2D eigenvalue weighted by Crippen LogP contribution is -2.13. The maximum atomic E-state index is 11.4. The first-order valence-corrected chi connectivity index (χ1v) is 7.53. The summed E-state index contributed by atoms with van der Waals surface area (Å²) in [5.74, 6) is 0.770. The number of fused-ring (bicyclic) bond motifs is 1. The van der Waals surface area contributed by atoms with Crippen LogP contribution in [0.5, 0.6) is 0 Å². The molecule has 0 unspecified atom stereocenters. The van der Waals surface area contributed by atoms with E-state index in [1.807, 2.05) is 12.1 Å². The van der Waals surface area contributed by atoms with Gasteiger partial charge in [-0.05, 0) is 30.4 Å². The molecule has 1 aliphatic carbocycles. The zero-order chi connectivity index (χ0) is 14.2. The number of hydrogen-bond acceptors (Lipinski definition) is 5. The van der Waals surface area contributed by atoms with Gasteiger partial charge in [-0.1, -0.05) is 0 Å². The third kappa shape index (κ3) is 2.60. The van der Waals surface area contributed by atoms with Gasteiger partial charge in [-0.15, -0.1) is 11.8 Å². The normalized spacial score (nSPS) is 16.2. The van der Waals surface area contributed by atoms with Crippen molar-refractivity contribution in [2.24, 2.45) is 5.41 Å². The van der Waals surface area contributed by atoms with Crippen LogP contribution in [0.15, 0.2) is 23.2 Å². The lowest BCUT2D eigenvalue weighted by Gasteiger charge is -2.14. The zero-order valence-corrected chi connectivity index (χ0v) is 12.1. The van der Waals surface area contributed by atoms with Gasteiger partial charge in [0.25, 0.3) is 0 Å². The van der Waals surface area contributed by atoms with Gasteiger partial charge in [0.05, 0.1) is 25.2 Å². The van der Waals surface area contributed by atoms with Crippen LogP contribution in [0.4, 0.5) is 5.69 Å². The monoisotopic (exact) mass is 291 g/mol. The number of aromatic amines is 1. The fourth-order valence-electron chi connectivity index (χ4n) is 2.27. The van der Waals surface area contributed by atoms with Crippen LogP contribution in [0, 0.1) is 5.41 Å². The largest absolute Gasteiger partial charge is 0.469 e. The Morgan fingerprint density at radius 1 is 1.55 bits per heavy atom. The number of methoxy groups -OCH3 is 1. The van der Waals surface area contributed by atoms with Crippen LogP contribution in [0.25, 0.3) is 10.9 Å². The van der Waals surface area contributed by atoms with Gasteiger partial charge in [-0.3, -0.25) is 9.89 Å². The Hall–Kier alpha value is -1.69. The molecule has 1 saturated carbocycles. The van der Waals surface area contributed by atoms with E-state index in [0.717, 1.165) is 40.1 Å². The molecule has 0 atom stereocenters. The molecular weight excluding hydrogens is 274 g/mol. The van der Waals surface area contributed by atoms with E-state index in [9.17, 15) is 4.79 Å². The first-order valence-electron chi connectivity index (χ1n) is 6.54. The molecule has 0 amide bonds. The summed E-state index contributed by atoms with van der Waals surface area (Å²) in [6, 6.07) is 3.96. The number of anilines is 1. The molecule has 1 heterocycles. The van der Waals surface area contributed by atoms with Crippen molar-refractivity contribution >= 4 is 34.3 Å². The second-order valence-electron chi connectivity index (χ2n) is 5.39. The molecule has 3 N–H and O–H groups in total. The van der Waals surface area contributed by atoms with Gasteiger partial charge in [0, 0.05) is 21.7 Å². The first kappa shape index (κ1) is 13.3. The van der Waals surface area contributed by atoms with Gasteiger partial charge in [-0.25, -0.2) is 0 Å². The number of H-pyrrole nitrogens is 1. The summed E-state index contributed by atoms with van der Waals surface area (Å²) in [5, 5.41) is 7.97. The number of nitrogens with two attached hydrogens (primary N) is 1. The zero-order valence-electron chi connectivity index (χ0n) is 11.3. The second kappa shape index (κ2) is 5.01. The summed E-state index contributed by atoms with van der Waals surface area (Å²) in [4.78, 5) is 12.5. The van der Waals surface area contributed by atoms with E-state index in [1.54, 1.807) is 18.0 Å². The topological polar surface area (TPSA) is 81.0 Å². The lowest BCUT2D eigenvalue weighted by atomic mass is 10.1. The number of carbonyl (C=O) groups is 1. The molecule has 0 saturated heterocycles. The maximum Gasteiger partial charge on any atom is 0.306 e. The Kier molecular flexibility index (Phi) is 3.33. The van der Waals surface area contributed by atoms with Crippen molar-refractivity contribution in [3.8, 4) is 0 Å². The van der Waals surface area contributed by atoms with Crippen molar-refractivity contribution in [1.82, 2.24) is 10.2 Å². The van der Waals surface area contributed by atoms with Crippen molar-refractivity contribution in [1.29, 1.82) is 0 Å². The van der Waals surface area contributed by atoms with E-state index < -0.39 is 0 Å². The van der Waals surface area contributed by atoms with Crippen molar-refractivity contribution in [2.75, 3.05) is 18.6 Å². The average Bonchev–Trinajstić information content (AvgIpc) is 3.04. The Balaban J connectivity index is 1.70. The lowest BCUT2D eigenvalue weighted by molar-refractivity contribution is -0.141. The average molecular weight is 291 g/mol. The number of nitrogens with zero attached hydrogens (tertiary/aromatic N) is 1. The predicted octanol–water partition coefficient (Wildman–Crippen LogP) is 2.58. The molecule has 106 valence electrons. The van der Waals surface area contributed by atoms with Gasteiger partial charge in [0.2, 0.25) is 0 Å².